The molecule has 198 valence electrons. The summed E-state index contributed by atoms with van der Waals surface area (Å²) in [4.78, 5) is 11.5. The lowest BCUT2D eigenvalue weighted by Crippen LogP contribution is -2.37. The number of nitrogens with one attached hydrogen (secondary N) is 1. The zero-order valence-electron chi connectivity index (χ0n) is 22.8. The van der Waals surface area contributed by atoms with Crippen LogP contribution in [0.2, 0.25) is 0 Å². The Labute approximate surface area is 208 Å². The Bertz CT molecular complexity index is 385. The molecule has 0 saturated heterocycles. The number of carbonyl (C=O) groups is 1. The SMILES string of the molecule is CCCCCCCCCCCCCCCCC(NCCCCCCCCCCCC)C(=O)O. The smallest absolute Gasteiger partial charge is 0.320 e. The van der Waals surface area contributed by atoms with Crippen molar-refractivity contribution in [2.24, 2.45) is 0 Å². The molecule has 0 rings (SSSR count). The van der Waals surface area contributed by atoms with Gasteiger partial charge in [-0.05, 0) is 19.4 Å². The van der Waals surface area contributed by atoms with Gasteiger partial charge in [-0.1, -0.05) is 162 Å². The molecule has 0 aliphatic heterocycles. The Kier molecular flexibility index (Phi) is 27.2. The molecule has 0 radical (unpaired) electrons. The second-order valence-electron chi connectivity index (χ2n) is 10.4. The van der Waals surface area contributed by atoms with Crippen molar-refractivity contribution in [2.75, 3.05) is 6.54 Å². The van der Waals surface area contributed by atoms with Gasteiger partial charge in [0, 0.05) is 0 Å². The van der Waals surface area contributed by atoms with E-state index in [2.05, 4.69) is 19.2 Å². The standard InChI is InChI=1S/C30H61NO2/c1-3-5-7-9-11-13-15-16-17-18-19-21-23-25-27-29(30(32)33)31-28-26-24-22-20-14-12-10-8-6-4-2/h29,31H,3-28H2,1-2H3,(H,32,33). The van der Waals surface area contributed by atoms with Gasteiger partial charge in [0.05, 0.1) is 0 Å². The van der Waals surface area contributed by atoms with Crippen molar-refractivity contribution in [3.8, 4) is 0 Å². The predicted molar refractivity (Wildman–Crippen MR) is 146 cm³/mol. The fourth-order valence-corrected chi connectivity index (χ4v) is 4.74. The summed E-state index contributed by atoms with van der Waals surface area (Å²) in [6.07, 6.45) is 32.8. The molecule has 3 heteroatoms. The Morgan fingerprint density at radius 1 is 0.515 bits per heavy atom. The van der Waals surface area contributed by atoms with Gasteiger partial charge in [-0.25, -0.2) is 0 Å². The summed E-state index contributed by atoms with van der Waals surface area (Å²) in [6.45, 7) is 5.40. The zero-order valence-corrected chi connectivity index (χ0v) is 22.8. The summed E-state index contributed by atoms with van der Waals surface area (Å²) in [7, 11) is 0. The first-order chi connectivity index (χ1) is 16.2. The Hall–Kier alpha value is -0.570. The van der Waals surface area contributed by atoms with Crippen molar-refractivity contribution in [1.29, 1.82) is 0 Å². The Morgan fingerprint density at radius 3 is 1.15 bits per heavy atom. The van der Waals surface area contributed by atoms with Crippen LogP contribution in [0, 0.1) is 0 Å². The maximum Gasteiger partial charge on any atom is 0.320 e. The molecule has 1 atom stereocenters. The van der Waals surface area contributed by atoms with E-state index in [-0.39, 0.29) is 6.04 Å². The second kappa shape index (κ2) is 27.7. The first kappa shape index (κ1) is 32.4. The maximum atomic E-state index is 11.5. The van der Waals surface area contributed by atoms with Crippen LogP contribution in [0.4, 0.5) is 0 Å². The fourth-order valence-electron chi connectivity index (χ4n) is 4.74. The zero-order chi connectivity index (χ0) is 24.2. The van der Waals surface area contributed by atoms with Crippen molar-refractivity contribution < 1.29 is 9.90 Å². The van der Waals surface area contributed by atoms with Crippen LogP contribution < -0.4 is 5.32 Å². The molecule has 0 fully saturated rings. The van der Waals surface area contributed by atoms with Crippen LogP contribution in [-0.4, -0.2) is 23.7 Å². The molecule has 0 aliphatic rings. The minimum absolute atomic E-state index is 0.346. The molecule has 0 spiro atoms. The minimum atomic E-state index is -0.670. The normalized spacial score (nSPS) is 12.3. The van der Waals surface area contributed by atoms with Crippen molar-refractivity contribution in [3.63, 3.8) is 0 Å². The van der Waals surface area contributed by atoms with Crippen LogP contribution in [0.3, 0.4) is 0 Å². The van der Waals surface area contributed by atoms with E-state index in [9.17, 15) is 9.90 Å². The summed E-state index contributed by atoms with van der Waals surface area (Å²) in [5.74, 6) is -0.670. The highest BCUT2D eigenvalue weighted by Crippen LogP contribution is 2.14. The summed E-state index contributed by atoms with van der Waals surface area (Å²) < 4.78 is 0. The van der Waals surface area contributed by atoms with E-state index in [1.54, 1.807) is 0 Å². The van der Waals surface area contributed by atoms with E-state index in [1.165, 1.54) is 141 Å². The minimum Gasteiger partial charge on any atom is -0.480 e. The lowest BCUT2D eigenvalue weighted by Gasteiger charge is -2.14. The van der Waals surface area contributed by atoms with Crippen molar-refractivity contribution >= 4 is 5.97 Å². The van der Waals surface area contributed by atoms with E-state index in [0.29, 0.717) is 0 Å². The molecule has 0 heterocycles. The largest absolute Gasteiger partial charge is 0.480 e. The van der Waals surface area contributed by atoms with E-state index in [4.69, 9.17) is 0 Å². The van der Waals surface area contributed by atoms with Gasteiger partial charge in [0.1, 0.15) is 6.04 Å². The quantitative estimate of drug-likeness (QED) is 0.113. The molecule has 1 unspecified atom stereocenters. The molecule has 33 heavy (non-hydrogen) atoms. The molecule has 2 N–H and O–H groups in total. The summed E-state index contributed by atoms with van der Waals surface area (Å²) >= 11 is 0. The molecular weight excluding hydrogens is 406 g/mol. The number of aliphatic carboxylic acids is 1. The van der Waals surface area contributed by atoms with Gasteiger partial charge in [0.25, 0.3) is 0 Å². The molecule has 3 nitrogen and oxygen atoms in total. The highest BCUT2D eigenvalue weighted by molar-refractivity contribution is 5.73. The average molecular weight is 468 g/mol. The van der Waals surface area contributed by atoms with Crippen LogP contribution in [-0.2, 0) is 4.79 Å². The molecular formula is C30H61NO2. The van der Waals surface area contributed by atoms with E-state index in [0.717, 1.165) is 25.8 Å². The van der Waals surface area contributed by atoms with Gasteiger partial charge in [-0.15, -0.1) is 0 Å². The Balaban J connectivity index is 3.41. The number of carboxylic acids is 1. The van der Waals surface area contributed by atoms with Crippen molar-refractivity contribution in [2.45, 2.75) is 180 Å². The summed E-state index contributed by atoms with van der Waals surface area (Å²) in [5, 5.41) is 12.8. The molecule has 0 aromatic carbocycles. The van der Waals surface area contributed by atoms with Gasteiger partial charge in [0.2, 0.25) is 0 Å². The van der Waals surface area contributed by atoms with Crippen LogP contribution in [0.5, 0.6) is 0 Å². The maximum absolute atomic E-state index is 11.5. The molecule has 0 saturated carbocycles. The van der Waals surface area contributed by atoms with Crippen molar-refractivity contribution in [1.82, 2.24) is 5.32 Å². The molecule has 0 aliphatic carbocycles. The van der Waals surface area contributed by atoms with Gasteiger partial charge >= 0.3 is 5.97 Å². The molecule has 0 aromatic heterocycles. The van der Waals surface area contributed by atoms with E-state index >= 15 is 0 Å². The second-order valence-corrected chi connectivity index (χ2v) is 10.4. The highest BCUT2D eigenvalue weighted by atomic mass is 16.4. The third kappa shape index (κ3) is 25.9. The predicted octanol–water partition coefficient (Wildman–Crippen LogP) is 9.82. The number of hydrogen-bond acceptors (Lipinski definition) is 2. The highest BCUT2D eigenvalue weighted by Gasteiger charge is 2.15. The van der Waals surface area contributed by atoms with Gasteiger partial charge in [0.15, 0.2) is 0 Å². The summed E-state index contributed by atoms with van der Waals surface area (Å²) in [6, 6.07) is -0.346. The van der Waals surface area contributed by atoms with Crippen molar-refractivity contribution in [3.05, 3.63) is 0 Å². The third-order valence-corrected chi connectivity index (χ3v) is 7.07. The Morgan fingerprint density at radius 2 is 0.818 bits per heavy atom. The third-order valence-electron chi connectivity index (χ3n) is 7.07. The number of hydrogen-bond donors (Lipinski definition) is 2. The average Bonchev–Trinajstić information content (AvgIpc) is 2.81. The number of carboxylic acid groups (broad SMARTS) is 1. The lowest BCUT2D eigenvalue weighted by molar-refractivity contribution is -0.139. The molecule has 0 bridgehead atoms. The van der Waals surface area contributed by atoms with E-state index < -0.39 is 5.97 Å². The van der Waals surface area contributed by atoms with Gasteiger partial charge in [-0.3, -0.25) is 4.79 Å². The number of unbranched alkanes of at least 4 members (excludes halogenated alkanes) is 22. The van der Waals surface area contributed by atoms with Crippen LogP contribution >= 0.6 is 0 Å². The monoisotopic (exact) mass is 467 g/mol. The first-order valence-electron chi connectivity index (χ1n) is 15.2. The van der Waals surface area contributed by atoms with Crippen LogP contribution in [0.25, 0.3) is 0 Å². The van der Waals surface area contributed by atoms with Crippen LogP contribution in [0.1, 0.15) is 174 Å². The molecule has 0 amide bonds. The topological polar surface area (TPSA) is 49.3 Å². The number of rotatable bonds is 28. The van der Waals surface area contributed by atoms with Gasteiger partial charge in [-0.2, -0.15) is 0 Å². The first-order valence-corrected chi connectivity index (χ1v) is 15.2. The van der Waals surface area contributed by atoms with E-state index in [1.807, 2.05) is 0 Å². The van der Waals surface area contributed by atoms with Crippen LogP contribution in [0.15, 0.2) is 0 Å². The lowest BCUT2D eigenvalue weighted by atomic mass is 10.0. The summed E-state index contributed by atoms with van der Waals surface area (Å²) in [5.41, 5.74) is 0. The van der Waals surface area contributed by atoms with Gasteiger partial charge < -0.3 is 10.4 Å². The molecule has 0 aromatic rings. The fraction of sp³-hybridized carbons (Fsp3) is 0.967.